The maximum atomic E-state index is 15.4. The number of methoxy groups -OCH3 is 4. The van der Waals surface area contributed by atoms with Crippen molar-refractivity contribution in [1.82, 2.24) is 4.90 Å². The number of rotatable bonds is 16. The molecule has 1 amide bonds. The van der Waals surface area contributed by atoms with Crippen molar-refractivity contribution in [2.45, 2.75) is 34.7 Å². The first-order valence-electron chi connectivity index (χ1n) is 18.1. The average Bonchev–Trinajstić information content (AvgIpc) is 3.75. The summed E-state index contributed by atoms with van der Waals surface area (Å²) in [6.07, 6.45) is 1.36. The van der Waals surface area contributed by atoms with Crippen molar-refractivity contribution in [3.63, 3.8) is 0 Å². The summed E-state index contributed by atoms with van der Waals surface area (Å²) in [5, 5.41) is 11.1. The van der Waals surface area contributed by atoms with Crippen molar-refractivity contribution in [2.75, 3.05) is 50.1 Å². The fraction of sp³-hybridized carbons (Fsp3) is 0.238. The summed E-state index contributed by atoms with van der Waals surface area (Å²) in [7, 11) is -4.45. The highest BCUT2D eigenvalue weighted by atomic mass is 32.2. The van der Waals surface area contributed by atoms with E-state index in [-0.39, 0.29) is 39.6 Å². The summed E-state index contributed by atoms with van der Waals surface area (Å²) in [5.41, 5.74) is 0.217. The molecule has 1 N–H and O–H groups in total. The molecule has 0 radical (unpaired) electrons. The number of para-hydroxylation sites is 4. The van der Waals surface area contributed by atoms with Crippen LogP contribution in [0.15, 0.2) is 131 Å². The Balaban J connectivity index is 1.57. The minimum atomic E-state index is -4.96. The number of sulfonamides is 2. The number of aliphatic carboxylic acids is 1. The second-order valence-electron chi connectivity index (χ2n) is 13.1. The number of carbonyl (C=O) groups is 2. The van der Waals surface area contributed by atoms with E-state index in [1.807, 2.05) is 30.3 Å². The maximum Gasteiger partial charge on any atom is 0.332 e. The summed E-state index contributed by atoms with van der Waals surface area (Å²) in [5.74, 6) is -1.77. The Kier molecular flexibility index (Phi) is 12.5. The number of ether oxygens (including phenoxy) is 4. The lowest BCUT2D eigenvalue weighted by Crippen LogP contribution is -2.44. The fourth-order valence-electron chi connectivity index (χ4n) is 7.10. The largest absolute Gasteiger partial charge is 0.497 e. The van der Waals surface area contributed by atoms with Crippen molar-refractivity contribution in [3.05, 3.63) is 132 Å². The van der Waals surface area contributed by atoms with Crippen LogP contribution in [0.5, 0.6) is 23.0 Å². The van der Waals surface area contributed by atoms with Crippen LogP contribution in [0.25, 0.3) is 0 Å². The number of hydrogen-bond donors (Lipinski definition) is 1. The van der Waals surface area contributed by atoms with Gasteiger partial charge in [0, 0.05) is 12.1 Å². The predicted molar refractivity (Wildman–Crippen MR) is 217 cm³/mol. The number of carbonyl (C=O) groups excluding carboxylic acids is 1. The number of nitrogens with zero attached hydrogens (tertiary/aromatic N) is 3. The molecular formula is C42H43N3O11S2. The van der Waals surface area contributed by atoms with Crippen LogP contribution in [0.3, 0.4) is 0 Å². The minimum Gasteiger partial charge on any atom is -0.497 e. The van der Waals surface area contributed by atoms with Crippen molar-refractivity contribution < 1.29 is 50.5 Å². The molecule has 1 aliphatic rings. The van der Waals surface area contributed by atoms with Gasteiger partial charge in [-0.3, -0.25) is 9.10 Å². The van der Waals surface area contributed by atoms with E-state index >= 15 is 8.42 Å². The Morgan fingerprint density at radius 1 is 0.707 bits per heavy atom. The van der Waals surface area contributed by atoms with E-state index in [4.69, 9.17) is 18.9 Å². The highest BCUT2D eigenvalue weighted by Crippen LogP contribution is 2.43. The van der Waals surface area contributed by atoms with Gasteiger partial charge in [-0.05, 0) is 85.1 Å². The zero-order chi connectivity index (χ0) is 41.6. The molecule has 58 heavy (non-hydrogen) atoms. The highest BCUT2D eigenvalue weighted by molar-refractivity contribution is 7.93. The van der Waals surface area contributed by atoms with Gasteiger partial charge in [0.1, 0.15) is 29.5 Å². The average molecular weight is 830 g/mol. The van der Waals surface area contributed by atoms with E-state index in [9.17, 15) is 23.1 Å². The quantitative estimate of drug-likeness (QED) is 0.118. The van der Waals surface area contributed by atoms with Crippen molar-refractivity contribution in [1.29, 1.82) is 0 Å². The van der Waals surface area contributed by atoms with Gasteiger partial charge in [0.2, 0.25) is 5.91 Å². The molecule has 2 atom stereocenters. The molecule has 6 rings (SSSR count). The Morgan fingerprint density at radius 3 is 1.88 bits per heavy atom. The van der Waals surface area contributed by atoms with E-state index < -0.39 is 55.0 Å². The molecule has 0 spiro atoms. The van der Waals surface area contributed by atoms with E-state index in [1.165, 1.54) is 89.1 Å². The molecule has 0 aliphatic carbocycles. The van der Waals surface area contributed by atoms with E-state index in [1.54, 1.807) is 23.1 Å². The second-order valence-corrected chi connectivity index (χ2v) is 16.8. The molecule has 14 nitrogen and oxygen atoms in total. The second kappa shape index (κ2) is 17.5. The molecule has 16 heteroatoms. The SMILES string of the molecule is COc1ccc(S(=O)(=O)N(c2ccccc2OC)C(C(=O)O)c2cc(OC)ccc2S(=O)(=O)N(CC(=O)N2CCCC2c2ccccc2)c2ccccc2OC)cc1. The van der Waals surface area contributed by atoms with Gasteiger partial charge in [0.05, 0.1) is 55.6 Å². The van der Waals surface area contributed by atoms with E-state index in [0.29, 0.717) is 29.4 Å². The molecule has 304 valence electrons. The normalized spacial score (nSPS) is 14.6. The molecule has 1 saturated heterocycles. The van der Waals surface area contributed by atoms with Crippen molar-refractivity contribution >= 4 is 43.3 Å². The molecule has 0 aromatic heterocycles. The van der Waals surface area contributed by atoms with Crippen LogP contribution >= 0.6 is 0 Å². The molecule has 0 bridgehead atoms. The zero-order valence-electron chi connectivity index (χ0n) is 32.2. The Bertz CT molecular complexity index is 2480. The summed E-state index contributed by atoms with van der Waals surface area (Å²) in [6.45, 7) is -0.320. The molecule has 1 aliphatic heterocycles. The van der Waals surface area contributed by atoms with Gasteiger partial charge in [0.25, 0.3) is 20.0 Å². The first-order valence-corrected chi connectivity index (χ1v) is 21.0. The van der Waals surface area contributed by atoms with Crippen molar-refractivity contribution in [3.8, 4) is 23.0 Å². The van der Waals surface area contributed by atoms with E-state index in [0.717, 1.165) is 22.0 Å². The van der Waals surface area contributed by atoms with Gasteiger partial charge in [0.15, 0.2) is 6.04 Å². The van der Waals surface area contributed by atoms with Crippen LogP contribution in [0.1, 0.15) is 36.1 Å². The maximum absolute atomic E-state index is 15.4. The van der Waals surface area contributed by atoms with Crippen LogP contribution in [-0.2, 0) is 29.6 Å². The van der Waals surface area contributed by atoms with Gasteiger partial charge in [-0.15, -0.1) is 0 Å². The van der Waals surface area contributed by atoms with Crippen LogP contribution in [-0.4, -0.2) is 80.2 Å². The van der Waals surface area contributed by atoms with E-state index in [2.05, 4.69) is 0 Å². The van der Waals surface area contributed by atoms with Gasteiger partial charge in [-0.1, -0.05) is 54.6 Å². The third-order valence-corrected chi connectivity index (χ3v) is 13.5. The summed E-state index contributed by atoms with van der Waals surface area (Å²) in [6, 6.07) is 27.8. The Hall–Kier alpha value is -6.26. The number of hydrogen-bond acceptors (Lipinski definition) is 10. The fourth-order valence-corrected chi connectivity index (χ4v) is 10.3. The van der Waals surface area contributed by atoms with Crippen LogP contribution in [0, 0.1) is 0 Å². The topological polar surface area (TPSA) is 169 Å². The van der Waals surface area contributed by atoms with Crippen molar-refractivity contribution in [2.24, 2.45) is 0 Å². The number of likely N-dealkylation sites (tertiary alicyclic amines) is 1. The molecule has 5 aromatic carbocycles. The number of amides is 1. The molecule has 1 heterocycles. The number of anilines is 2. The standard InChI is InChI=1S/C42H43N3O11S2/c1-53-30-20-23-32(24-21-30)57(49,50)45(36-16-9-11-19-38(36)56-4)41(42(47)48)33-27-31(54-2)22-25-39(33)58(51,52)44(35-15-8-10-18-37(35)55-3)28-40(46)43-26-12-17-34(43)29-13-6-5-7-14-29/h5-11,13-16,18-25,27,34,41H,12,17,26,28H2,1-4H3,(H,47,48). The summed E-state index contributed by atoms with van der Waals surface area (Å²) < 4.78 is 83.7. The third kappa shape index (κ3) is 8.11. The van der Waals surface area contributed by atoms with Gasteiger partial charge in [-0.25, -0.2) is 25.9 Å². The number of benzene rings is 5. The lowest BCUT2D eigenvalue weighted by Gasteiger charge is -2.34. The molecule has 1 fully saturated rings. The monoisotopic (exact) mass is 829 g/mol. The summed E-state index contributed by atoms with van der Waals surface area (Å²) in [4.78, 5) is 28.8. The zero-order valence-corrected chi connectivity index (χ0v) is 33.9. The minimum absolute atomic E-state index is 0.00473. The van der Waals surface area contributed by atoms with Gasteiger partial charge >= 0.3 is 5.97 Å². The molecule has 2 unspecified atom stereocenters. The summed E-state index contributed by atoms with van der Waals surface area (Å²) >= 11 is 0. The highest BCUT2D eigenvalue weighted by Gasteiger charge is 2.44. The first-order chi connectivity index (χ1) is 27.9. The first kappa shape index (κ1) is 41.4. The smallest absolute Gasteiger partial charge is 0.332 e. The predicted octanol–water partition coefficient (Wildman–Crippen LogP) is 6.30. The third-order valence-electron chi connectivity index (χ3n) is 9.88. The lowest BCUT2D eigenvalue weighted by molar-refractivity contribution is -0.138. The van der Waals surface area contributed by atoms with Gasteiger partial charge in [-0.2, -0.15) is 0 Å². The molecule has 0 saturated carbocycles. The molecular weight excluding hydrogens is 787 g/mol. The number of carboxylic acid groups (broad SMARTS) is 1. The Morgan fingerprint density at radius 2 is 1.28 bits per heavy atom. The van der Waals surface area contributed by atoms with Crippen LogP contribution < -0.4 is 27.6 Å². The Labute approximate surface area is 337 Å². The van der Waals surface area contributed by atoms with Crippen LogP contribution in [0.4, 0.5) is 11.4 Å². The van der Waals surface area contributed by atoms with Crippen LogP contribution in [0.2, 0.25) is 0 Å². The van der Waals surface area contributed by atoms with Gasteiger partial charge < -0.3 is 29.0 Å². The molecule has 5 aromatic rings. The lowest BCUT2D eigenvalue weighted by atomic mass is 10.0. The number of carboxylic acids is 1.